The van der Waals surface area contributed by atoms with Crippen LogP contribution in [0.3, 0.4) is 0 Å². The molecule has 0 aliphatic carbocycles. The van der Waals surface area contributed by atoms with Crippen molar-refractivity contribution in [3.8, 4) is 5.75 Å². The number of hydrogen-bond donors (Lipinski definition) is 1. The first-order chi connectivity index (χ1) is 11.7. The Morgan fingerprint density at radius 2 is 1.83 bits per heavy atom. The normalized spacial score (nSPS) is 27.8. The van der Waals surface area contributed by atoms with Gasteiger partial charge in [0.05, 0.1) is 12.7 Å². The van der Waals surface area contributed by atoms with Gasteiger partial charge in [0, 0.05) is 25.4 Å². The number of rotatable bonds is 5. The Morgan fingerprint density at radius 3 is 2.42 bits per heavy atom. The highest BCUT2D eigenvalue weighted by Gasteiger charge is 2.49. The molecule has 1 N–H and O–H groups in total. The summed E-state index contributed by atoms with van der Waals surface area (Å²) in [7, 11) is 1.67. The summed E-state index contributed by atoms with van der Waals surface area (Å²) >= 11 is 0. The largest absolute Gasteiger partial charge is 0.497 e. The van der Waals surface area contributed by atoms with E-state index in [0.717, 1.165) is 24.4 Å². The minimum Gasteiger partial charge on any atom is -0.497 e. The first kappa shape index (κ1) is 15.7. The maximum absolute atomic E-state index is 11.9. The van der Waals surface area contributed by atoms with Gasteiger partial charge in [0.1, 0.15) is 5.75 Å². The highest BCUT2D eigenvalue weighted by Crippen LogP contribution is 2.45. The molecule has 4 rings (SSSR count). The summed E-state index contributed by atoms with van der Waals surface area (Å²) in [6.07, 6.45) is 1.87. The second kappa shape index (κ2) is 6.23. The third-order valence-corrected chi connectivity index (χ3v) is 5.85. The van der Waals surface area contributed by atoms with Crippen molar-refractivity contribution in [1.82, 2.24) is 4.90 Å². The van der Waals surface area contributed by atoms with Gasteiger partial charge < -0.3 is 14.7 Å². The molecule has 0 amide bonds. The van der Waals surface area contributed by atoms with Gasteiger partial charge in [0.25, 0.3) is 0 Å². The highest BCUT2D eigenvalue weighted by molar-refractivity contribution is 5.34. The Kier molecular flexibility index (Phi) is 4.07. The summed E-state index contributed by atoms with van der Waals surface area (Å²) in [5, 5.41) is 11.9. The van der Waals surface area contributed by atoms with Crippen LogP contribution in [0.2, 0.25) is 0 Å². The van der Waals surface area contributed by atoms with Crippen molar-refractivity contribution in [3.63, 3.8) is 0 Å². The van der Waals surface area contributed by atoms with Gasteiger partial charge in [-0.15, -0.1) is 0 Å². The number of fused-ring (bicyclic) bond motifs is 2. The molecule has 2 aromatic rings. The molecule has 2 saturated heterocycles. The lowest BCUT2D eigenvalue weighted by Crippen LogP contribution is -2.43. The molecule has 2 aromatic carbocycles. The lowest BCUT2D eigenvalue weighted by atomic mass is 9.71. The molecule has 4 unspecified atom stereocenters. The van der Waals surface area contributed by atoms with Crippen LogP contribution in [-0.4, -0.2) is 36.8 Å². The van der Waals surface area contributed by atoms with E-state index in [-0.39, 0.29) is 0 Å². The molecule has 2 bridgehead atoms. The van der Waals surface area contributed by atoms with Gasteiger partial charge in [-0.25, -0.2) is 0 Å². The number of aliphatic hydroxyl groups is 1. The van der Waals surface area contributed by atoms with Crippen LogP contribution in [-0.2, 0) is 12.0 Å². The lowest BCUT2D eigenvalue weighted by molar-refractivity contribution is -0.0424. The van der Waals surface area contributed by atoms with E-state index in [2.05, 4.69) is 17.0 Å². The SMILES string of the molecule is COc1ccc(C(O)(Cc2ccccc2)C2CN3CCC2C3)cc1. The molecule has 126 valence electrons. The Balaban J connectivity index is 1.70. The molecule has 0 spiro atoms. The van der Waals surface area contributed by atoms with Crippen LogP contribution in [0, 0.1) is 11.8 Å². The topological polar surface area (TPSA) is 32.7 Å². The number of hydrogen-bond acceptors (Lipinski definition) is 3. The van der Waals surface area contributed by atoms with Crippen LogP contribution in [0.1, 0.15) is 17.5 Å². The van der Waals surface area contributed by atoms with Crippen LogP contribution in [0.4, 0.5) is 0 Å². The van der Waals surface area contributed by atoms with Crippen molar-refractivity contribution in [1.29, 1.82) is 0 Å². The zero-order chi connectivity index (χ0) is 16.6. The average molecular weight is 323 g/mol. The maximum atomic E-state index is 11.9. The van der Waals surface area contributed by atoms with Gasteiger partial charge in [0.2, 0.25) is 0 Å². The zero-order valence-corrected chi connectivity index (χ0v) is 14.2. The Morgan fingerprint density at radius 1 is 1.08 bits per heavy atom. The van der Waals surface area contributed by atoms with Crippen LogP contribution >= 0.6 is 0 Å². The van der Waals surface area contributed by atoms with E-state index in [4.69, 9.17) is 4.74 Å². The van der Waals surface area contributed by atoms with Crippen molar-refractivity contribution >= 4 is 0 Å². The standard InChI is InChI=1S/C21H25NO2/c1-24-19-9-7-18(8-10-19)21(23,13-16-5-3-2-4-6-16)20-15-22-12-11-17(20)14-22/h2-10,17,20,23H,11-15H2,1H3. The second-order valence-electron chi connectivity index (χ2n) is 7.23. The number of nitrogens with zero attached hydrogens (tertiary/aromatic N) is 1. The smallest absolute Gasteiger partial charge is 0.118 e. The molecule has 0 aromatic heterocycles. The van der Waals surface area contributed by atoms with Crippen molar-refractivity contribution < 1.29 is 9.84 Å². The molecule has 3 nitrogen and oxygen atoms in total. The van der Waals surface area contributed by atoms with Crippen LogP contribution in [0.25, 0.3) is 0 Å². The Hall–Kier alpha value is -1.84. The molecular weight excluding hydrogens is 298 g/mol. The first-order valence-corrected chi connectivity index (χ1v) is 8.82. The quantitative estimate of drug-likeness (QED) is 0.918. The molecule has 2 heterocycles. The van der Waals surface area contributed by atoms with Gasteiger partial charge >= 0.3 is 0 Å². The third-order valence-electron chi connectivity index (χ3n) is 5.85. The fraction of sp³-hybridized carbons (Fsp3) is 0.429. The van der Waals surface area contributed by atoms with Gasteiger partial charge in [-0.1, -0.05) is 42.5 Å². The van der Waals surface area contributed by atoms with E-state index in [0.29, 0.717) is 18.3 Å². The molecule has 4 atom stereocenters. The van der Waals surface area contributed by atoms with Crippen molar-refractivity contribution in [3.05, 3.63) is 65.7 Å². The predicted octanol–water partition coefficient (Wildman–Crippen LogP) is 3.08. The monoisotopic (exact) mass is 323 g/mol. The van der Waals surface area contributed by atoms with E-state index in [1.807, 2.05) is 42.5 Å². The molecule has 0 radical (unpaired) electrons. The maximum Gasteiger partial charge on any atom is 0.118 e. The van der Waals surface area contributed by atoms with Crippen LogP contribution in [0.15, 0.2) is 54.6 Å². The third kappa shape index (κ3) is 2.72. The second-order valence-corrected chi connectivity index (χ2v) is 7.23. The fourth-order valence-corrected chi connectivity index (χ4v) is 4.56. The molecular formula is C21H25NO2. The summed E-state index contributed by atoms with van der Waals surface area (Å²) in [5.74, 6) is 1.72. The molecule has 0 saturated carbocycles. The summed E-state index contributed by atoms with van der Waals surface area (Å²) in [6, 6.07) is 18.3. The Labute approximate surface area is 143 Å². The van der Waals surface area contributed by atoms with E-state index < -0.39 is 5.60 Å². The van der Waals surface area contributed by atoms with Crippen LogP contribution in [0.5, 0.6) is 5.75 Å². The van der Waals surface area contributed by atoms with Gasteiger partial charge in [0.15, 0.2) is 0 Å². The summed E-state index contributed by atoms with van der Waals surface area (Å²) in [6.45, 7) is 3.32. The van der Waals surface area contributed by atoms with E-state index in [1.165, 1.54) is 18.5 Å². The van der Waals surface area contributed by atoms with Crippen molar-refractivity contribution in [2.75, 3.05) is 26.7 Å². The van der Waals surface area contributed by atoms with Crippen molar-refractivity contribution in [2.24, 2.45) is 11.8 Å². The molecule has 3 heteroatoms. The summed E-state index contributed by atoms with van der Waals surface area (Å²) in [5.41, 5.74) is 1.37. The van der Waals surface area contributed by atoms with E-state index >= 15 is 0 Å². The van der Waals surface area contributed by atoms with E-state index in [1.54, 1.807) is 7.11 Å². The highest BCUT2D eigenvalue weighted by atomic mass is 16.5. The fourth-order valence-electron chi connectivity index (χ4n) is 4.56. The first-order valence-electron chi connectivity index (χ1n) is 8.82. The number of piperidine rings is 1. The number of benzene rings is 2. The minimum absolute atomic E-state index is 0.292. The molecule has 2 aliphatic heterocycles. The van der Waals surface area contributed by atoms with E-state index in [9.17, 15) is 5.11 Å². The average Bonchev–Trinajstić information content (AvgIpc) is 3.26. The summed E-state index contributed by atoms with van der Waals surface area (Å²) < 4.78 is 5.29. The zero-order valence-electron chi connectivity index (χ0n) is 14.2. The van der Waals surface area contributed by atoms with Gasteiger partial charge in [-0.2, -0.15) is 0 Å². The van der Waals surface area contributed by atoms with Crippen LogP contribution < -0.4 is 4.74 Å². The van der Waals surface area contributed by atoms with Gasteiger partial charge in [-0.3, -0.25) is 0 Å². The number of ether oxygens (including phenoxy) is 1. The summed E-state index contributed by atoms with van der Waals surface area (Å²) in [4.78, 5) is 2.49. The predicted molar refractivity (Wildman–Crippen MR) is 95.1 cm³/mol. The number of methoxy groups -OCH3 is 1. The molecule has 24 heavy (non-hydrogen) atoms. The lowest BCUT2D eigenvalue weighted by Gasteiger charge is -2.39. The Bertz CT molecular complexity index is 685. The van der Waals surface area contributed by atoms with Gasteiger partial charge in [-0.05, 0) is 42.1 Å². The van der Waals surface area contributed by atoms with Crippen molar-refractivity contribution in [2.45, 2.75) is 18.4 Å². The molecule has 2 aliphatic rings. The minimum atomic E-state index is -0.826. The molecule has 2 fully saturated rings.